The van der Waals surface area contributed by atoms with Gasteiger partial charge >= 0.3 is 19.8 Å². The number of esters is 2. The molecule has 0 aromatic carbocycles. The molecular formula is C41H72NO8P. The molecule has 0 saturated heterocycles. The van der Waals surface area contributed by atoms with Crippen molar-refractivity contribution in [3.63, 3.8) is 0 Å². The maximum absolute atomic E-state index is 12.5. The van der Waals surface area contributed by atoms with E-state index in [2.05, 4.69) is 74.6 Å². The highest BCUT2D eigenvalue weighted by Gasteiger charge is 2.25. The summed E-state index contributed by atoms with van der Waals surface area (Å²) in [7, 11) is -4.38. The minimum atomic E-state index is -4.38. The maximum atomic E-state index is 12.5. The highest BCUT2D eigenvalue weighted by molar-refractivity contribution is 7.47. The number of hydrogen-bond acceptors (Lipinski definition) is 8. The molecule has 0 heterocycles. The van der Waals surface area contributed by atoms with Gasteiger partial charge in [-0.25, -0.2) is 4.57 Å². The number of nitrogens with two attached hydrogens (primary N) is 1. The summed E-state index contributed by atoms with van der Waals surface area (Å²) in [5, 5.41) is 0. The Balaban J connectivity index is 4.28. The lowest BCUT2D eigenvalue weighted by Gasteiger charge is -2.19. The number of hydrogen-bond donors (Lipinski definition) is 2. The van der Waals surface area contributed by atoms with E-state index >= 15 is 0 Å². The molecule has 294 valence electrons. The topological polar surface area (TPSA) is 134 Å². The van der Waals surface area contributed by atoms with Crippen LogP contribution in [0.5, 0.6) is 0 Å². The summed E-state index contributed by atoms with van der Waals surface area (Å²) in [5.74, 6) is -0.871. The molecule has 0 amide bonds. The van der Waals surface area contributed by atoms with Gasteiger partial charge in [-0.1, -0.05) is 145 Å². The molecule has 2 atom stereocenters. The van der Waals surface area contributed by atoms with Gasteiger partial charge in [0, 0.05) is 19.4 Å². The van der Waals surface area contributed by atoms with Crippen LogP contribution in [0.25, 0.3) is 0 Å². The monoisotopic (exact) mass is 737 g/mol. The fourth-order valence-corrected chi connectivity index (χ4v) is 5.78. The molecular weight excluding hydrogens is 665 g/mol. The van der Waals surface area contributed by atoms with Crippen LogP contribution in [0.3, 0.4) is 0 Å². The third kappa shape index (κ3) is 37.3. The van der Waals surface area contributed by atoms with Crippen molar-refractivity contribution in [3.05, 3.63) is 60.8 Å². The summed E-state index contributed by atoms with van der Waals surface area (Å²) < 4.78 is 32.6. The molecule has 9 nitrogen and oxygen atoms in total. The van der Waals surface area contributed by atoms with Gasteiger partial charge in [-0.3, -0.25) is 18.6 Å². The molecule has 0 aliphatic carbocycles. The predicted octanol–water partition coefficient (Wildman–Crippen LogP) is 10.9. The Hall–Kier alpha value is -2.29. The minimum absolute atomic E-state index is 0.0457. The lowest BCUT2D eigenvalue weighted by molar-refractivity contribution is -0.161. The van der Waals surface area contributed by atoms with Crippen LogP contribution in [0, 0.1) is 0 Å². The molecule has 0 bridgehead atoms. The first kappa shape index (κ1) is 48.7. The van der Waals surface area contributed by atoms with Gasteiger partial charge in [0.1, 0.15) is 6.61 Å². The molecule has 51 heavy (non-hydrogen) atoms. The van der Waals surface area contributed by atoms with Crippen molar-refractivity contribution in [2.24, 2.45) is 5.73 Å². The van der Waals surface area contributed by atoms with Gasteiger partial charge in [-0.2, -0.15) is 0 Å². The predicted molar refractivity (Wildman–Crippen MR) is 210 cm³/mol. The number of phosphoric acid groups is 1. The van der Waals surface area contributed by atoms with E-state index in [4.69, 9.17) is 24.3 Å². The van der Waals surface area contributed by atoms with E-state index in [9.17, 15) is 19.0 Å². The van der Waals surface area contributed by atoms with Crippen molar-refractivity contribution in [2.75, 3.05) is 26.4 Å². The fourth-order valence-electron chi connectivity index (χ4n) is 5.01. The van der Waals surface area contributed by atoms with E-state index in [0.29, 0.717) is 6.42 Å². The Morgan fingerprint density at radius 2 is 1.08 bits per heavy atom. The number of unbranched alkanes of at least 4 members (excludes halogenated alkanes) is 13. The lowest BCUT2D eigenvalue weighted by atomic mass is 10.1. The van der Waals surface area contributed by atoms with Crippen LogP contribution < -0.4 is 5.73 Å². The molecule has 0 aromatic rings. The van der Waals surface area contributed by atoms with E-state index in [0.717, 1.165) is 70.6 Å². The van der Waals surface area contributed by atoms with E-state index in [1.54, 1.807) is 0 Å². The molecule has 0 rings (SSSR count). The summed E-state index contributed by atoms with van der Waals surface area (Å²) >= 11 is 0. The maximum Gasteiger partial charge on any atom is 0.472 e. The van der Waals surface area contributed by atoms with Crippen molar-refractivity contribution >= 4 is 19.8 Å². The smallest absolute Gasteiger partial charge is 0.462 e. The van der Waals surface area contributed by atoms with Gasteiger partial charge in [0.2, 0.25) is 0 Å². The second-order valence-electron chi connectivity index (χ2n) is 12.8. The number of carbonyl (C=O) groups excluding carboxylic acids is 2. The van der Waals surface area contributed by atoms with Crippen molar-refractivity contribution in [1.82, 2.24) is 0 Å². The highest BCUT2D eigenvalue weighted by atomic mass is 31.2. The van der Waals surface area contributed by atoms with Crippen LogP contribution in [0.15, 0.2) is 60.8 Å². The summed E-state index contributed by atoms with van der Waals surface area (Å²) in [5.41, 5.74) is 5.33. The molecule has 0 aliphatic heterocycles. The number of allylic oxidation sites excluding steroid dienone is 10. The third-order valence-corrected chi connectivity index (χ3v) is 8.90. The Morgan fingerprint density at radius 3 is 1.61 bits per heavy atom. The summed E-state index contributed by atoms with van der Waals surface area (Å²) in [4.78, 5) is 34.7. The van der Waals surface area contributed by atoms with Crippen molar-refractivity contribution in [2.45, 2.75) is 161 Å². The number of rotatable bonds is 36. The van der Waals surface area contributed by atoms with Gasteiger partial charge in [-0.15, -0.1) is 0 Å². The van der Waals surface area contributed by atoms with Crippen molar-refractivity contribution in [3.8, 4) is 0 Å². The van der Waals surface area contributed by atoms with E-state index in [-0.39, 0.29) is 32.6 Å². The third-order valence-electron chi connectivity index (χ3n) is 7.92. The zero-order valence-electron chi connectivity index (χ0n) is 32.1. The Bertz CT molecular complexity index is 1020. The van der Waals surface area contributed by atoms with Gasteiger partial charge in [-0.05, 0) is 57.8 Å². The summed E-state index contributed by atoms with van der Waals surface area (Å²) in [6.07, 6.45) is 42.5. The van der Waals surface area contributed by atoms with Crippen LogP contribution in [0.1, 0.15) is 155 Å². The van der Waals surface area contributed by atoms with Gasteiger partial charge in [0.15, 0.2) is 6.10 Å². The molecule has 0 aromatic heterocycles. The Labute approximate surface area is 310 Å². The SMILES string of the molecule is CC/C=C/C/C=C/C/C=C/C/C=C/C/C=C/CCCCCC(=O)O[C@H](COC(=O)CCCCCCCCCCCCC)COP(=O)(O)OCCN. The average Bonchev–Trinajstić information content (AvgIpc) is 3.11. The van der Waals surface area contributed by atoms with Crippen LogP contribution >= 0.6 is 7.82 Å². The van der Waals surface area contributed by atoms with Gasteiger partial charge in [0.25, 0.3) is 0 Å². The molecule has 1 unspecified atom stereocenters. The summed E-state index contributed by atoms with van der Waals surface area (Å²) in [6, 6.07) is 0. The first-order valence-corrected chi connectivity index (χ1v) is 21.3. The standard InChI is InChI=1S/C41H72NO8P/c1-3-5-7-9-11-13-15-16-17-18-19-20-21-22-24-26-28-30-32-34-41(44)50-39(38-49-51(45,46)48-36-35-42)37-47-40(43)33-31-29-27-25-23-14-12-10-8-6-4-2/h5,7,11,13,16-17,19-20,22,24,39H,3-4,6,8-10,12,14-15,18,21,23,25-38,42H2,1-2H3,(H,45,46)/b7-5+,13-11+,17-16+,20-19+,24-22+/t39-/m1/s1. The largest absolute Gasteiger partial charge is 0.472 e. The normalized spacial score (nSPS) is 14.0. The zero-order valence-corrected chi connectivity index (χ0v) is 33.0. The number of ether oxygens (including phenoxy) is 2. The van der Waals surface area contributed by atoms with Gasteiger partial charge < -0.3 is 20.1 Å². The molecule has 0 aliphatic rings. The fraction of sp³-hybridized carbons (Fsp3) is 0.707. The molecule has 10 heteroatoms. The van der Waals surface area contributed by atoms with Crippen LogP contribution in [-0.4, -0.2) is 49.3 Å². The molecule has 0 saturated carbocycles. The average molecular weight is 738 g/mol. The molecule has 0 spiro atoms. The lowest BCUT2D eigenvalue weighted by Crippen LogP contribution is -2.29. The molecule has 0 fully saturated rings. The van der Waals surface area contributed by atoms with E-state index < -0.39 is 32.5 Å². The number of phosphoric ester groups is 1. The minimum Gasteiger partial charge on any atom is -0.462 e. The second kappa shape index (κ2) is 37.5. The van der Waals surface area contributed by atoms with E-state index in [1.165, 1.54) is 51.4 Å². The van der Waals surface area contributed by atoms with Crippen LogP contribution in [0.4, 0.5) is 0 Å². The zero-order chi connectivity index (χ0) is 37.5. The van der Waals surface area contributed by atoms with Crippen molar-refractivity contribution in [1.29, 1.82) is 0 Å². The first-order chi connectivity index (χ1) is 24.8. The molecule has 0 radical (unpaired) electrons. The van der Waals surface area contributed by atoms with Crippen molar-refractivity contribution < 1.29 is 37.6 Å². The summed E-state index contributed by atoms with van der Waals surface area (Å²) in [6.45, 7) is 3.55. The Kier molecular flexibility index (Phi) is 35.8. The van der Waals surface area contributed by atoms with Crippen LogP contribution in [0.2, 0.25) is 0 Å². The number of carbonyl (C=O) groups is 2. The van der Waals surface area contributed by atoms with E-state index in [1.807, 2.05) is 0 Å². The first-order valence-electron chi connectivity index (χ1n) is 19.8. The van der Waals surface area contributed by atoms with Gasteiger partial charge in [0.05, 0.1) is 13.2 Å². The van der Waals surface area contributed by atoms with Crippen LogP contribution in [-0.2, 0) is 32.7 Å². The molecule has 3 N–H and O–H groups in total. The Morgan fingerprint density at radius 1 is 0.608 bits per heavy atom. The quantitative estimate of drug-likeness (QED) is 0.0279. The second-order valence-corrected chi connectivity index (χ2v) is 14.2. The highest BCUT2D eigenvalue weighted by Crippen LogP contribution is 2.43.